The molecule has 0 heterocycles. The smallest absolute Gasteiger partial charge is 0.382 e. The highest BCUT2D eigenvalue weighted by molar-refractivity contribution is 4.67. The first-order chi connectivity index (χ1) is 7.34. The maximum Gasteiger partial charge on any atom is 0.415 e. The van der Waals surface area contributed by atoms with Crippen LogP contribution in [0.5, 0.6) is 0 Å². The molecule has 3 nitrogen and oxygen atoms in total. The Morgan fingerprint density at radius 3 is 2.38 bits per heavy atom. The summed E-state index contributed by atoms with van der Waals surface area (Å²) in [5.74, 6) is 0.556. The van der Waals surface area contributed by atoms with Crippen LogP contribution in [0.4, 0.5) is 13.2 Å². The Balaban J connectivity index is 3.28. The van der Waals surface area contributed by atoms with E-state index in [1.807, 2.05) is 0 Å². The molecule has 6 heteroatoms. The molecule has 0 rings (SSSR count). The second-order valence-corrected chi connectivity index (χ2v) is 4.06. The third kappa shape index (κ3) is 8.94. The minimum absolute atomic E-state index is 0.311. The van der Waals surface area contributed by atoms with Gasteiger partial charge in [-0.1, -0.05) is 13.8 Å². The molecule has 98 valence electrons. The Morgan fingerprint density at radius 1 is 1.25 bits per heavy atom. The summed E-state index contributed by atoms with van der Waals surface area (Å²) in [6, 6.07) is 0. The molecule has 0 spiro atoms. The van der Waals surface area contributed by atoms with Gasteiger partial charge in [0.05, 0.1) is 6.61 Å². The van der Waals surface area contributed by atoms with Crippen molar-refractivity contribution in [3.63, 3.8) is 0 Å². The van der Waals surface area contributed by atoms with Gasteiger partial charge in [0.15, 0.2) is 6.10 Å². The highest BCUT2D eigenvalue weighted by Crippen LogP contribution is 2.18. The Kier molecular flexibility index (Phi) is 7.70. The summed E-state index contributed by atoms with van der Waals surface area (Å²) >= 11 is 0. The van der Waals surface area contributed by atoms with Crippen molar-refractivity contribution in [3.05, 3.63) is 0 Å². The van der Waals surface area contributed by atoms with E-state index >= 15 is 0 Å². The van der Waals surface area contributed by atoms with Crippen molar-refractivity contribution in [1.82, 2.24) is 5.32 Å². The zero-order valence-corrected chi connectivity index (χ0v) is 9.68. The van der Waals surface area contributed by atoms with Gasteiger partial charge in [-0.05, 0) is 12.3 Å². The normalized spacial score (nSPS) is 14.4. The van der Waals surface area contributed by atoms with Gasteiger partial charge in [-0.25, -0.2) is 0 Å². The fourth-order valence-corrected chi connectivity index (χ4v) is 0.920. The van der Waals surface area contributed by atoms with Crippen LogP contribution < -0.4 is 5.32 Å². The summed E-state index contributed by atoms with van der Waals surface area (Å²) in [5.41, 5.74) is 0. The zero-order chi connectivity index (χ0) is 12.6. The standard InChI is InChI=1S/C10H20F3NO2/c1-8(2)3-5-16-6-4-14-7-9(15)10(11,12)13/h8-9,14-15H,3-7H2,1-2H3. The number of hydrogen-bond donors (Lipinski definition) is 2. The van der Waals surface area contributed by atoms with E-state index < -0.39 is 18.8 Å². The van der Waals surface area contributed by atoms with E-state index in [-0.39, 0.29) is 0 Å². The minimum Gasteiger partial charge on any atom is -0.382 e. The third-order valence-corrected chi connectivity index (χ3v) is 1.98. The summed E-state index contributed by atoms with van der Waals surface area (Å²) in [7, 11) is 0. The molecule has 0 saturated carbocycles. The molecule has 16 heavy (non-hydrogen) atoms. The number of hydrogen-bond acceptors (Lipinski definition) is 3. The lowest BCUT2D eigenvalue weighted by Crippen LogP contribution is -2.39. The molecule has 2 N–H and O–H groups in total. The molecule has 0 bridgehead atoms. The van der Waals surface area contributed by atoms with Crippen molar-refractivity contribution in [1.29, 1.82) is 0 Å². The van der Waals surface area contributed by atoms with Gasteiger partial charge in [0.2, 0.25) is 0 Å². The molecule has 0 amide bonds. The van der Waals surface area contributed by atoms with Gasteiger partial charge in [-0.2, -0.15) is 13.2 Å². The van der Waals surface area contributed by atoms with E-state index in [9.17, 15) is 13.2 Å². The molecular formula is C10H20F3NO2. The van der Waals surface area contributed by atoms with Crippen LogP contribution in [0.2, 0.25) is 0 Å². The van der Waals surface area contributed by atoms with Crippen molar-refractivity contribution in [3.8, 4) is 0 Å². The summed E-state index contributed by atoms with van der Waals surface area (Å²) in [5, 5.41) is 11.1. The lowest BCUT2D eigenvalue weighted by molar-refractivity contribution is -0.201. The second kappa shape index (κ2) is 7.86. The third-order valence-electron chi connectivity index (χ3n) is 1.98. The topological polar surface area (TPSA) is 41.5 Å². The molecule has 0 aliphatic heterocycles. The van der Waals surface area contributed by atoms with Crippen molar-refractivity contribution >= 4 is 0 Å². The number of aliphatic hydroxyl groups is 1. The zero-order valence-electron chi connectivity index (χ0n) is 9.68. The van der Waals surface area contributed by atoms with Gasteiger partial charge in [0.25, 0.3) is 0 Å². The summed E-state index contributed by atoms with van der Waals surface area (Å²) in [6.45, 7) is 4.93. The molecule has 0 aliphatic rings. The highest BCUT2D eigenvalue weighted by atomic mass is 19.4. The molecule has 0 aromatic rings. The van der Waals surface area contributed by atoms with Crippen LogP contribution in [-0.2, 0) is 4.74 Å². The van der Waals surface area contributed by atoms with Crippen LogP contribution in [-0.4, -0.2) is 43.7 Å². The number of halogens is 3. The average molecular weight is 243 g/mol. The molecule has 0 radical (unpaired) electrons. The molecule has 0 aromatic heterocycles. The van der Waals surface area contributed by atoms with Crippen molar-refractivity contribution in [2.75, 3.05) is 26.3 Å². The minimum atomic E-state index is -4.55. The summed E-state index contributed by atoms with van der Waals surface area (Å²) < 4.78 is 40.7. The number of rotatable bonds is 8. The SMILES string of the molecule is CC(C)CCOCCNCC(O)C(F)(F)F. The molecule has 0 aromatic carbocycles. The quantitative estimate of drug-likeness (QED) is 0.636. The van der Waals surface area contributed by atoms with Gasteiger partial charge in [-0.15, -0.1) is 0 Å². The van der Waals surface area contributed by atoms with E-state index in [0.29, 0.717) is 25.7 Å². The van der Waals surface area contributed by atoms with E-state index in [0.717, 1.165) is 6.42 Å². The van der Waals surface area contributed by atoms with Gasteiger partial charge in [0.1, 0.15) is 0 Å². The maximum atomic E-state index is 11.8. The van der Waals surface area contributed by atoms with Crippen LogP contribution in [0, 0.1) is 5.92 Å². The molecule has 0 saturated heterocycles. The van der Waals surface area contributed by atoms with Crippen molar-refractivity contribution in [2.24, 2.45) is 5.92 Å². The van der Waals surface area contributed by atoms with Crippen molar-refractivity contribution < 1.29 is 23.0 Å². The van der Waals surface area contributed by atoms with Crippen LogP contribution in [0.3, 0.4) is 0 Å². The summed E-state index contributed by atoms with van der Waals surface area (Å²) in [4.78, 5) is 0. The van der Waals surface area contributed by atoms with Gasteiger partial charge in [-0.3, -0.25) is 0 Å². The Hall–Kier alpha value is -0.330. The fraction of sp³-hybridized carbons (Fsp3) is 1.00. The first-order valence-corrected chi connectivity index (χ1v) is 5.37. The predicted octanol–water partition coefficient (Wildman–Crippen LogP) is 1.56. The van der Waals surface area contributed by atoms with Crippen LogP contribution in [0.15, 0.2) is 0 Å². The average Bonchev–Trinajstić information content (AvgIpc) is 2.14. The molecule has 0 fully saturated rings. The lowest BCUT2D eigenvalue weighted by Gasteiger charge is -2.15. The molecule has 0 aliphatic carbocycles. The number of nitrogens with one attached hydrogen (secondary N) is 1. The number of ether oxygens (including phenoxy) is 1. The van der Waals surface area contributed by atoms with Crippen LogP contribution in [0.25, 0.3) is 0 Å². The predicted molar refractivity (Wildman–Crippen MR) is 55.2 cm³/mol. The maximum absolute atomic E-state index is 11.8. The molecule has 1 atom stereocenters. The highest BCUT2D eigenvalue weighted by Gasteiger charge is 2.37. The van der Waals surface area contributed by atoms with E-state index in [4.69, 9.17) is 9.84 Å². The second-order valence-electron chi connectivity index (χ2n) is 4.06. The van der Waals surface area contributed by atoms with Crippen molar-refractivity contribution in [2.45, 2.75) is 32.5 Å². The van der Waals surface area contributed by atoms with E-state index in [2.05, 4.69) is 19.2 Å². The molecule has 1 unspecified atom stereocenters. The van der Waals surface area contributed by atoms with Crippen LogP contribution >= 0.6 is 0 Å². The largest absolute Gasteiger partial charge is 0.415 e. The van der Waals surface area contributed by atoms with E-state index in [1.165, 1.54) is 0 Å². The monoisotopic (exact) mass is 243 g/mol. The van der Waals surface area contributed by atoms with Gasteiger partial charge >= 0.3 is 6.18 Å². The fourth-order valence-electron chi connectivity index (χ4n) is 0.920. The Morgan fingerprint density at radius 2 is 1.88 bits per heavy atom. The number of alkyl halides is 3. The Bertz CT molecular complexity index is 174. The number of aliphatic hydroxyl groups excluding tert-OH is 1. The van der Waals surface area contributed by atoms with Gasteiger partial charge in [0, 0.05) is 19.7 Å². The first kappa shape index (κ1) is 15.7. The Labute approximate surface area is 94.0 Å². The molecular weight excluding hydrogens is 223 g/mol. The summed E-state index contributed by atoms with van der Waals surface area (Å²) in [6.07, 6.45) is -5.92. The first-order valence-electron chi connectivity index (χ1n) is 5.37. The lowest BCUT2D eigenvalue weighted by atomic mass is 10.1. The van der Waals surface area contributed by atoms with E-state index in [1.54, 1.807) is 0 Å². The van der Waals surface area contributed by atoms with Crippen LogP contribution in [0.1, 0.15) is 20.3 Å². The van der Waals surface area contributed by atoms with Gasteiger partial charge < -0.3 is 15.2 Å².